The Bertz CT molecular complexity index is 877. The molecule has 0 spiro atoms. The van der Waals surface area contributed by atoms with Gasteiger partial charge in [-0.1, -0.05) is 12.1 Å². The fourth-order valence-corrected chi connectivity index (χ4v) is 3.42. The second-order valence-corrected chi connectivity index (χ2v) is 6.44. The summed E-state index contributed by atoms with van der Waals surface area (Å²) in [6.07, 6.45) is 3.68. The van der Waals surface area contributed by atoms with Gasteiger partial charge in [-0.15, -0.1) is 0 Å². The van der Waals surface area contributed by atoms with E-state index in [0.717, 1.165) is 19.6 Å². The Kier molecular flexibility index (Phi) is 4.15. The van der Waals surface area contributed by atoms with Gasteiger partial charge in [-0.2, -0.15) is 15.4 Å². The van der Waals surface area contributed by atoms with E-state index in [4.69, 9.17) is 0 Å². The summed E-state index contributed by atoms with van der Waals surface area (Å²) in [6, 6.07) is 9.70. The highest BCUT2D eigenvalue weighted by Gasteiger charge is 2.29. The van der Waals surface area contributed by atoms with Crippen molar-refractivity contribution >= 4 is 16.9 Å². The van der Waals surface area contributed by atoms with Crippen molar-refractivity contribution in [3.05, 3.63) is 53.9 Å². The molecule has 4 rings (SSSR count). The van der Waals surface area contributed by atoms with Crippen molar-refractivity contribution in [1.29, 1.82) is 0 Å². The van der Waals surface area contributed by atoms with Crippen LogP contribution >= 0.6 is 0 Å². The fraction of sp³-hybridized carbons (Fsp3) is 0.333. The first kappa shape index (κ1) is 15.7. The molecule has 1 N–H and O–H groups in total. The van der Waals surface area contributed by atoms with E-state index in [0.29, 0.717) is 23.1 Å². The molecular formula is C18H20N6O. The van der Waals surface area contributed by atoms with Crippen LogP contribution in [0.1, 0.15) is 22.8 Å². The lowest BCUT2D eigenvalue weighted by Gasteiger charge is -2.40. The van der Waals surface area contributed by atoms with Crippen LogP contribution in [-0.4, -0.2) is 61.8 Å². The van der Waals surface area contributed by atoms with Crippen LogP contribution in [0.2, 0.25) is 0 Å². The van der Waals surface area contributed by atoms with E-state index in [2.05, 4.69) is 38.3 Å². The first-order valence-electron chi connectivity index (χ1n) is 8.44. The Balaban J connectivity index is 1.47. The summed E-state index contributed by atoms with van der Waals surface area (Å²) in [5.41, 5.74) is 3.16. The van der Waals surface area contributed by atoms with Crippen LogP contribution in [0.3, 0.4) is 0 Å². The minimum Gasteiger partial charge on any atom is -0.333 e. The van der Waals surface area contributed by atoms with E-state index in [-0.39, 0.29) is 11.9 Å². The highest BCUT2D eigenvalue weighted by atomic mass is 16.2. The van der Waals surface area contributed by atoms with Gasteiger partial charge in [0.1, 0.15) is 11.0 Å². The number of H-pyrrole nitrogens is 1. The summed E-state index contributed by atoms with van der Waals surface area (Å²) in [5, 5.41) is 10.8. The van der Waals surface area contributed by atoms with Gasteiger partial charge in [-0.3, -0.25) is 14.7 Å². The predicted molar refractivity (Wildman–Crippen MR) is 93.9 cm³/mol. The molecule has 1 aliphatic heterocycles. The number of fused-ring (bicyclic) bond motifs is 1. The Hall–Kier alpha value is -2.80. The molecular weight excluding hydrogens is 316 g/mol. The molecule has 1 amide bonds. The summed E-state index contributed by atoms with van der Waals surface area (Å²) in [6.45, 7) is 5.35. The number of aromatic amines is 1. The van der Waals surface area contributed by atoms with Crippen LogP contribution in [0.25, 0.3) is 11.0 Å². The standard InChI is InChI=1S/C18H20N6O/c1-13-11-23(12-14-4-3-7-19-10-14)8-9-24(13)18(25)15-5-2-6-16-17(15)21-22-20-16/h2-7,10,13H,8-9,11-12H2,1H3,(H,20,21,22). The number of rotatable bonds is 3. The minimum atomic E-state index is 0.0213. The lowest BCUT2D eigenvalue weighted by atomic mass is 10.1. The van der Waals surface area contributed by atoms with Crippen molar-refractivity contribution < 1.29 is 4.79 Å². The molecule has 2 aromatic heterocycles. The summed E-state index contributed by atoms with van der Waals surface area (Å²) >= 11 is 0. The van der Waals surface area contributed by atoms with Gasteiger partial charge in [-0.05, 0) is 30.7 Å². The molecule has 0 bridgehead atoms. The third-order valence-electron chi connectivity index (χ3n) is 4.68. The van der Waals surface area contributed by atoms with Crippen molar-refractivity contribution in [2.24, 2.45) is 0 Å². The molecule has 7 heteroatoms. The Morgan fingerprint density at radius 3 is 2.96 bits per heavy atom. The molecule has 0 aliphatic carbocycles. The van der Waals surface area contributed by atoms with Gasteiger partial charge in [-0.25, -0.2) is 0 Å². The molecule has 128 valence electrons. The normalized spacial score (nSPS) is 18.6. The predicted octanol–water partition coefficient (Wildman–Crippen LogP) is 1.70. The number of pyridine rings is 1. The van der Waals surface area contributed by atoms with Crippen LogP contribution in [0.5, 0.6) is 0 Å². The lowest BCUT2D eigenvalue weighted by Crippen LogP contribution is -2.53. The van der Waals surface area contributed by atoms with E-state index >= 15 is 0 Å². The summed E-state index contributed by atoms with van der Waals surface area (Å²) in [5.74, 6) is 0.0213. The average molecular weight is 336 g/mol. The van der Waals surface area contributed by atoms with Crippen LogP contribution in [0.4, 0.5) is 0 Å². The molecule has 1 saturated heterocycles. The summed E-state index contributed by atoms with van der Waals surface area (Å²) in [4.78, 5) is 21.5. The molecule has 3 heterocycles. The number of hydrogen-bond donors (Lipinski definition) is 1. The number of nitrogens with zero attached hydrogens (tertiary/aromatic N) is 5. The van der Waals surface area contributed by atoms with Crippen molar-refractivity contribution in [3.8, 4) is 0 Å². The summed E-state index contributed by atoms with van der Waals surface area (Å²) in [7, 11) is 0. The second kappa shape index (κ2) is 6.60. The third kappa shape index (κ3) is 3.10. The highest BCUT2D eigenvalue weighted by molar-refractivity contribution is 6.04. The molecule has 3 aromatic rings. The van der Waals surface area contributed by atoms with E-state index in [1.54, 1.807) is 6.20 Å². The Morgan fingerprint density at radius 1 is 1.24 bits per heavy atom. The number of carbonyl (C=O) groups excluding carboxylic acids is 1. The maximum atomic E-state index is 13.0. The van der Waals surface area contributed by atoms with Crippen LogP contribution in [0.15, 0.2) is 42.7 Å². The monoisotopic (exact) mass is 336 g/mol. The second-order valence-electron chi connectivity index (χ2n) is 6.44. The van der Waals surface area contributed by atoms with Crippen molar-refractivity contribution in [1.82, 2.24) is 30.2 Å². The fourth-order valence-electron chi connectivity index (χ4n) is 3.42. The maximum absolute atomic E-state index is 13.0. The highest BCUT2D eigenvalue weighted by Crippen LogP contribution is 2.20. The minimum absolute atomic E-state index is 0.0213. The van der Waals surface area contributed by atoms with E-state index in [1.807, 2.05) is 35.4 Å². The van der Waals surface area contributed by atoms with E-state index < -0.39 is 0 Å². The van der Waals surface area contributed by atoms with Gasteiger partial charge < -0.3 is 4.90 Å². The zero-order chi connectivity index (χ0) is 17.2. The molecule has 0 radical (unpaired) electrons. The Morgan fingerprint density at radius 2 is 2.16 bits per heavy atom. The molecule has 7 nitrogen and oxygen atoms in total. The molecule has 1 aromatic carbocycles. The van der Waals surface area contributed by atoms with Crippen molar-refractivity contribution in [2.75, 3.05) is 19.6 Å². The van der Waals surface area contributed by atoms with E-state index in [1.165, 1.54) is 5.56 Å². The molecule has 1 aliphatic rings. The van der Waals surface area contributed by atoms with Crippen LogP contribution < -0.4 is 0 Å². The van der Waals surface area contributed by atoms with Crippen LogP contribution in [-0.2, 0) is 6.54 Å². The largest absolute Gasteiger partial charge is 0.333 e. The smallest absolute Gasteiger partial charge is 0.256 e. The number of aromatic nitrogens is 4. The molecule has 1 fully saturated rings. The molecule has 1 atom stereocenters. The quantitative estimate of drug-likeness (QED) is 0.788. The van der Waals surface area contributed by atoms with Gasteiger partial charge in [0.05, 0.1) is 5.56 Å². The first-order valence-corrected chi connectivity index (χ1v) is 8.44. The van der Waals surface area contributed by atoms with Gasteiger partial charge >= 0.3 is 0 Å². The topological polar surface area (TPSA) is 78.0 Å². The molecule has 0 saturated carbocycles. The lowest BCUT2D eigenvalue weighted by molar-refractivity contribution is 0.0477. The first-order chi connectivity index (χ1) is 12.2. The third-order valence-corrected chi connectivity index (χ3v) is 4.68. The van der Waals surface area contributed by atoms with Crippen molar-refractivity contribution in [2.45, 2.75) is 19.5 Å². The van der Waals surface area contributed by atoms with Gasteiger partial charge in [0.15, 0.2) is 0 Å². The van der Waals surface area contributed by atoms with Gasteiger partial charge in [0, 0.05) is 44.6 Å². The van der Waals surface area contributed by atoms with Crippen LogP contribution in [0, 0.1) is 0 Å². The average Bonchev–Trinajstić information content (AvgIpc) is 3.11. The molecule has 1 unspecified atom stereocenters. The number of carbonyl (C=O) groups is 1. The SMILES string of the molecule is CC1CN(Cc2cccnc2)CCN1C(=O)c1cccc2n[nH]nc12. The van der Waals surface area contributed by atoms with Crippen molar-refractivity contribution in [3.63, 3.8) is 0 Å². The number of para-hydroxylation sites is 1. The number of benzene rings is 1. The number of piperazine rings is 1. The number of hydrogen-bond acceptors (Lipinski definition) is 5. The Labute approximate surface area is 145 Å². The maximum Gasteiger partial charge on any atom is 0.256 e. The molecule has 25 heavy (non-hydrogen) atoms. The zero-order valence-electron chi connectivity index (χ0n) is 14.1. The van der Waals surface area contributed by atoms with E-state index in [9.17, 15) is 4.79 Å². The zero-order valence-corrected chi connectivity index (χ0v) is 14.1. The number of nitrogens with one attached hydrogen (secondary N) is 1. The van der Waals surface area contributed by atoms with Gasteiger partial charge in [0.25, 0.3) is 5.91 Å². The summed E-state index contributed by atoms with van der Waals surface area (Å²) < 4.78 is 0. The number of amides is 1. The van der Waals surface area contributed by atoms with Gasteiger partial charge in [0.2, 0.25) is 0 Å².